The van der Waals surface area contributed by atoms with Gasteiger partial charge in [-0.3, -0.25) is 28.8 Å². The van der Waals surface area contributed by atoms with E-state index in [1.54, 1.807) is 27.7 Å². The van der Waals surface area contributed by atoms with Crippen molar-refractivity contribution in [2.45, 2.75) is 90.0 Å². The Bertz CT molecular complexity index is 869. The number of thioether (sulfide) groups is 1. The van der Waals surface area contributed by atoms with Gasteiger partial charge < -0.3 is 33.2 Å². The summed E-state index contributed by atoms with van der Waals surface area (Å²) in [5.74, 6) is -6.07. The first-order chi connectivity index (χ1) is 17.6. The van der Waals surface area contributed by atoms with Gasteiger partial charge in [0.15, 0.2) is 24.2 Å². The Hall–Kier alpha value is -2.87. The van der Waals surface area contributed by atoms with E-state index in [0.717, 1.165) is 39.5 Å². The van der Waals surface area contributed by atoms with Crippen molar-refractivity contribution in [1.82, 2.24) is 0 Å². The van der Waals surface area contributed by atoms with E-state index in [0.29, 0.717) is 0 Å². The van der Waals surface area contributed by atoms with Crippen LogP contribution in [0.3, 0.4) is 0 Å². The van der Waals surface area contributed by atoms with Gasteiger partial charge in [0.05, 0.1) is 13.2 Å². The topological polar surface area (TPSA) is 167 Å². The van der Waals surface area contributed by atoms with Gasteiger partial charge in [-0.25, -0.2) is 0 Å². The van der Waals surface area contributed by atoms with Crippen molar-refractivity contribution in [3.05, 3.63) is 0 Å². The van der Waals surface area contributed by atoms with Crippen LogP contribution in [-0.4, -0.2) is 90.2 Å². The molecule has 1 aliphatic heterocycles. The summed E-state index contributed by atoms with van der Waals surface area (Å²) in [5, 5.41) is 0. The summed E-state index contributed by atoms with van der Waals surface area (Å²) in [5.41, 5.74) is -1.20. The minimum atomic E-state index is -1.42. The molecule has 1 aliphatic rings. The van der Waals surface area contributed by atoms with Gasteiger partial charge in [0, 0.05) is 32.4 Å². The smallest absolute Gasteiger partial charge is 0.321 e. The molecule has 0 radical (unpaired) electrons. The van der Waals surface area contributed by atoms with Crippen LogP contribution in [0.25, 0.3) is 0 Å². The van der Waals surface area contributed by atoms with Crippen LogP contribution >= 0.6 is 11.8 Å². The summed E-state index contributed by atoms with van der Waals surface area (Å²) in [4.78, 5) is 73.0. The maximum atomic E-state index is 12.8. The Morgan fingerprint density at radius 3 is 1.58 bits per heavy atom. The van der Waals surface area contributed by atoms with Crippen molar-refractivity contribution in [1.29, 1.82) is 0 Å². The zero-order chi connectivity index (χ0) is 29.2. The molecule has 0 saturated carbocycles. The standard InChI is InChI=1S/C24H36O13S/c1-9-31-21(29)17(22(30)32-10-2)24(7,8)38-23-20(36-15(6)28)19(35-14(5)27)18(34-13(4)26)16(37-23)11-33-12(3)25/h16-20,23H,9-11H2,1-8H3/t16-,18+,19+,20-,23+/m1/s1. The Morgan fingerprint density at radius 1 is 0.711 bits per heavy atom. The van der Waals surface area contributed by atoms with E-state index in [9.17, 15) is 28.8 Å². The van der Waals surface area contributed by atoms with Crippen molar-refractivity contribution in [3.8, 4) is 0 Å². The molecule has 5 atom stereocenters. The molecule has 0 bridgehead atoms. The maximum Gasteiger partial charge on any atom is 0.321 e. The Labute approximate surface area is 225 Å². The lowest BCUT2D eigenvalue weighted by Gasteiger charge is -2.46. The van der Waals surface area contributed by atoms with Gasteiger partial charge in [-0.15, -0.1) is 11.8 Å². The van der Waals surface area contributed by atoms with Crippen molar-refractivity contribution >= 4 is 47.6 Å². The summed E-state index contributed by atoms with van der Waals surface area (Å²) in [6.07, 6.45) is -5.24. The van der Waals surface area contributed by atoms with E-state index < -0.39 is 82.9 Å². The molecule has 0 aliphatic carbocycles. The second-order valence-electron chi connectivity index (χ2n) is 8.73. The highest BCUT2D eigenvalue weighted by molar-refractivity contribution is 8.01. The van der Waals surface area contributed by atoms with E-state index >= 15 is 0 Å². The van der Waals surface area contributed by atoms with Crippen LogP contribution < -0.4 is 0 Å². The van der Waals surface area contributed by atoms with Gasteiger partial charge in [0.1, 0.15) is 18.1 Å². The number of rotatable bonds is 12. The van der Waals surface area contributed by atoms with Crippen molar-refractivity contribution in [2.75, 3.05) is 19.8 Å². The third kappa shape index (κ3) is 9.78. The van der Waals surface area contributed by atoms with Crippen molar-refractivity contribution in [3.63, 3.8) is 0 Å². The third-order valence-electron chi connectivity index (χ3n) is 5.11. The van der Waals surface area contributed by atoms with Crippen LogP contribution in [0, 0.1) is 5.92 Å². The predicted octanol–water partition coefficient (Wildman–Crippen LogP) is 1.32. The van der Waals surface area contributed by atoms with E-state index in [2.05, 4.69) is 0 Å². The van der Waals surface area contributed by atoms with Gasteiger partial charge in [-0.05, 0) is 27.7 Å². The van der Waals surface area contributed by atoms with Crippen LogP contribution in [0.15, 0.2) is 0 Å². The van der Waals surface area contributed by atoms with E-state index in [1.807, 2.05) is 0 Å². The quantitative estimate of drug-likeness (QED) is 0.189. The largest absolute Gasteiger partial charge is 0.465 e. The van der Waals surface area contributed by atoms with Gasteiger partial charge in [-0.1, -0.05) is 0 Å². The maximum absolute atomic E-state index is 12.8. The SMILES string of the molecule is CCOC(=O)C(C(=O)OCC)C(C)(C)S[C@@H]1O[C@H](COC(C)=O)[C@H](OC(C)=O)[C@H](OC(C)=O)[C@H]1OC(C)=O. The second kappa shape index (κ2) is 14.9. The number of ether oxygens (including phenoxy) is 7. The molecule has 0 aromatic heterocycles. The molecule has 38 heavy (non-hydrogen) atoms. The van der Waals surface area contributed by atoms with E-state index in [4.69, 9.17) is 33.2 Å². The fourth-order valence-electron chi connectivity index (χ4n) is 3.77. The summed E-state index contributed by atoms with van der Waals surface area (Å²) >= 11 is 0.906. The number of hydrogen-bond acceptors (Lipinski definition) is 14. The van der Waals surface area contributed by atoms with Gasteiger partial charge in [-0.2, -0.15) is 0 Å². The lowest BCUT2D eigenvalue weighted by Crippen LogP contribution is -2.62. The Balaban J connectivity index is 3.58. The van der Waals surface area contributed by atoms with Gasteiger partial charge in [0.25, 0.3) is 0 Å². The zero-order valence-corrected chi connectivity index (χ0v) is 23.6. The molecular weight excluding hydrogens is 528 g/mol. The highest BCUT2D eigenvalue weighted by Crippen LogP contribution is 2.43. The average Bonchev–Trinajstić information content (AvgIpc) is 2.75. The van der Waals surface area contributed by atoms with Gasteiger partial charge >= 0.3 is 35.8 Å². The first-order valence-corrected chi connectivity index (χ1v) is 12.8. The molecule has 0 N–H and O–H groups in total. The fraction of sp³-hybridized carbons (Fsp3) is 0.750. The molecule has 1 saturated heterocycles. The molecule has 0 amide bonds. The first-order valence-electron chi connectivity index (χ1n) is 12.0. The van der Waals surface area contributed by atoms with Crippen molar-refractivity contribution < 1.29 is 61.9 Å². The van der Waals surface area contributed by atoms with E-state index in [1.165, 1.54) is 0 Å². The zero-order valence-electron chi connectivity index (χ0n) is 22.8. The van der Waals surface area contributed by atoms with Crippen LogP contribution in [0.1, 0.15) is 55.4 Å². The molecule has 1 fully saturated rings. The van der Waals surface area contributed by atoms with E-state index in [-0.39, 0.29) is 13.2 Å². The molecule has 14 heteroatoms. The molecule has 1 rings (SSSR count). The monoisotopic (exact) mass is 564 g/mol. The highest BCUT2D eigenvalue weighted by atomic mass is 32.2. The molecule has 1 heterocycles. The summed E-state index contributed by atoms with van der Waals surface area (Å²) in [6.45, 7) is 10.4. The summed E-state index contributed by atoms with van der Waals surface area (Å²) in [7, 11) is 0. The third-order valence-corrected chi connectivity index (χ3v) is 6.56. The predicted molar refractivity (Wildman–Crippen MR) is 130 cm³/mol. The molecule has 0 unspecified atom stereocenters. The molecule has 216 valence electrons. The lowest BCUT2D eigenvalue weighted by atomic mass is 9.95. The van der Waals surface area contributed by atoms with Crippen molar-refractivity contribution in [2.24, 2.45) is 5.92 Å². The van der Waals surface area contributed by atoms with Crippen LogP contribution in [0.2, 0.25) is 0 Å². The minimum Gasteiger partial charge on any atom is -0.465 e. The normalized spacial score (nSPS) is 23.1. The average molecular weight is 565 g/mol. The number of carbonyl (C=O) groups excluding carboxylic acids is 6. The van der Waals surface area contributed by atoms with Crippen LogP contribution in [0.4, 0.5) is 0 Å². The number of hydrogen-bond donors (Lipinski definition) is 0. The lowest BCUT2D eigenvalue weighted by molar-refractivity contribution is -0.237. The Morgan fingerprint density at radius 2 is 1.16 bits per heavy atom. The number of carbonyl (C=O) groups is 6. The van der Waals surface area contributed by atoms with Gasteiger partial charge in [0.2, 0.25) is 0 Å². The Kier molecular flexibility index (Phi) is 13.0. The molecule has 0 spiro atoms. The molecule has 13 nitrogen and oxygen atoms in total. The molecular formula is C24H36O13S. The first kappa shape index (κ1) is 33.2. The number of esters is 6. The second-order valence-corrected chi connectivity index (χ2v) is 10.5. The van der Waals surface area contributed by atoms with Crippen LogP contribution in [-0.2, 0) is 61.9 Å². The molecule has 0 aromatic carbocycles. The molecule has 0 aromatic rings. The summed E-state index contributed by atoms with van der Waals surface area (Å²) in [6, 6.07) is 0. The fourth-order valence-corrected chi connectivity index (χ4v) is 5.24. The van der Waals surface area contributed by atoms with Crippen LogP contribution in [0.5, 0.6) is 0 Å². The summed E-state index contributed by atoms with van der Waals surface area (Å²) < 4.78 is 36.3. The highest BCUT2D eigenvalue weighted by Gasteiger charge is 2.55. The minimum absolute atomic E-state index is 0.00847.